The number of anilines is 2. The van der Waals surface area contributed by atoms with Crippen LogP contribution in [0.5, 0.6) is 0 Å². The van der Waals surface area contributed by atoms with Crippen molar-refractivity contribution in [2.45, 2.75) is 11.8 Å². The van der Waals surface area contributed by atoms with Crippen LogP contribution in [-0.2, 0) is 10.0 Å². The zero-order valence-corrected chi connectivity index (χ0v) is 18.1. The van der Waals surface area contributed by atoms with Crippen LogP contribution in [0, 0.1) is 6.92 Å². The fourth-order valence-corrected chi connectivity index (χ4v) is 5.50. The molecule has 9 heteroatoms. The Labute approximate surface area is 180 Å². The number of para-hydroxylation sites is 1. The SMILES string of the molecule is Cc1csc(NC(=O)c2cccc(S(=O)(=O)N3CCN(c4ccccc4)CC3)c2)n1. The Morgan fingerprint density at radius 3 is 2.43 bits per heavy atom. The Morgan fingerprint density at radius 2 is 1.77 bits per heavy atom. The maximum absolute atomic E-state index is 13.1. The normalized spacial score (nSPS) is 15.2. The average molecular weight is 443 g/mol. The summed E-state index contributed by atoms with van der Waals surface area (Å²) < 4.78 is 27.7. The molecule has 0 radical (unpaired) electrons. The molecule has 30 heavy (non-hydrogen) atoms. The minimum atomic E-state index is -3.68. The summed E-state index contributed by atoms with van der Waals surface area (Å²) in [6.07, 6.45) is 0. The standard InChI is InChI=1S/C21H22N4O3S2/c1-16-15-29-21(22-16)23-20(26)17-6-5-9-19(14-17)30(27,28)25-12-10-24(11-13-25)18-7-3-2-4-8-18/h2-9,14-15H,10-13H2,1H3,(H,22,23,26). The molecule has 4 rings (SSSR count). The van der Waals surface area contributed by atoms with Crippen LogP contribution in [0.25, 0.3) is 0 Å². The van der Waals surface area contributed by atoms with Gasteiger partial charge in [-0.25, -0.2) is 13.4 Å². The number of benzene rings is 2. The number of carbonyl (C=O) groups excluding carboxylic acids is 1. The summed E-state index contributed by atoms with van der Waals surface area (Å²) in [5, 5.41) is 5.04. The monoisotopic (exact) mass is 442 g/mol. The summed E-state index contributed by atoms with van der Waals surface area (Å²) in [6, 6.07) is 16.1. The highest BCUT2D eigenvalue weighted by atomic mass is 32.2. The Hall–Kier alpha value is -2.75. The zero-order valence-electron chi connectivity index (χ0n) is 16.5. The first-order valence-corrected chi connectivity index (χ1v) is 11.9. The van der Waals surface area contributed by atoms with Gasteiger partial charge in [-0.05, 0) is 37.3 Å². The Morgan fingerprint density at radius 1 is 1.03 bits per heavy atom. The lowest BCUT2D eigenvalue weighted by Gasteiger charge is -2.35. The highest BCUT2D eigenvalue weighted by Crippen LogP contribution is 2.22. The largest absolute Gasteiger partial charge is 0.369 e. The van der Waals surface area contributed by atoms with E-state index in [1.54, 1.807) is 12.1 Å². The third-order valence-electron chi connectivity index (χ3n) is 4.93. The van der Waals surface area contributed by atoms with E-state index >= 15 is 0 Å². The topological polar surface area (TPSA) is 82.6 Å². The summed E-state index contributed by atoms with van der Waals surface area (Å²) >= 11 is 1.33. The van der Waals surface area contributed by atoms with Crippen molar-refractivity contribution < 1.29 is 13.2 Å². The van der Waals surface area contributed by atoms with E-state index in [0.29, 0.717) is 31.3 Å². The molecule has 1 amide bonds. The molecule has 2 aromatic carbocycles. The number of nitrogens with zero attached hydrogens (tertiary/aromatic N) is 3. The number of piperazine rings is 1. The molecule has 0 spiro atoms. The molecule has 0 atom stereocenters. The summed E-state index contributed by atoms with van der Waals surface area (Å²) in [7, 11) is -3.68. The van der Waals surface area contributed by atoms with Gasteiger partial charge in [0.1, 0.15) is 0 Å². The van der Waals surface area contributed by atoms with Crippen molar-refractivity contribution in [1.29, 1.82) is 0 Å². The first-order chi connectivity index (χ1) is 14.4. The third kappa shape index (κ3) is 4.38. The van der Waals surface area contributed by atoms with Gasteiger partial charge in [0.05, 0.1) is 10.6 Å². The van der Waals surface area contributed by atoms with Gasteiger partial charge in [0.2, 0.25) is 10.0 Å². The smallest absolute Gasteiger partial charge is 0.257 e. The zero-order chi connectivity index (χ0) is 21.1. The van der Waals surface area contributed by atoms with Crippen LogP contribution < -0.4 is 10.2 Å². The fraction of sp³-hybridized carbons (Fsp3) is 0.238. The maximum Gasteiger partial charge on any atom is 0.257 e. The molecule has 1 aliphatic heterocycles. The van der Waals surface area contributed by atoms with Crippen LogP contribution in [0.2, 0.25) is 0 Å². The molecule has 1 N–H and O–H groups in total. The van der Waals surface area contributed by atoms with E-state index in [9.17, 15) is 13.2 Å². The van der Waals surface area contributed by atoms with Crippen LogP contribution in [0.1, 0.15) is 16.1 Å². The number of hydrogen-bond donors (Lipinski definition) is 1. The van der Waals surface area contributed by atoms with E-state index < -0.39 is 10.0 Å². The average Bonchev–Trinajstić information content (AvgIpc) is 3.19. The van der Waals surface area contributed by atoms with Crippen molar-refractivity contribution in [3.63, 3.8) is 0 Å². The molecule has 0 saturated carbocycles. The number of aromatic nitrogens is 1. The molecule has 0 bridgehead atoms. The summed E-state index contributed by atoms with van der Waals surface area (Å²) in [4.78, 5) is 19.0. The predicted octanol–water partition coefficient (Wildman–Crippen LogP) is 3.21. The number of rotatable bonds is 5. The highest BCUT2D eigenvalue weighted by molar-refractivity contribution is 7.89. The Kier molecular flexibility index (Phi) is 5.85. The second-order valence-corrected chi connectivity index (χ2v) is 9.80. The molecular weight excluding hydrogens is 420 g/mol. The number of carbonyl (C=O) groups is 1. The van der Waals surface area contributed by atoms with Crippen molar-refractivity contribution >= 4 is 38.1 Å². The van der Waals surface area contributed by atoms with Crippen molar-refractivity contribution in [2.75, 3.05) is 36.4 Å². The van der Waals surface area contributed by atoms with Crippen molar-refractivity contribution in [1.82, 2.24) is 9.29 Å². The molecule has 3 aromatic rings. The number of thiazole rings is 1. The molecule has 156 valence electrons. The van der Waals surface area contributed by atoms with Crippen LogP contribution in [0.4, 0.5) is 10.8 Å². The second kappa shape index (κ2) is 8.55. The van der Waals surface area contributed by atoms with E-state index in [4.69, 9.17) is 0 Å². The van der Waals surface area contributed by atoms with Gasteiger partial charge in [-0.1, -0.05) is 24.3 Å². The van der Waals surface area contributed by atoms with Gasteiger partial charge in [0.15, 0.2) is 5.13 Å². The second-order valence-electron chi connectivity index (χ2n) is 7.00. The molecule has 0 unspecified atom stereocenters. The summed E-state index contributed by atoms with van der Waals surface area (Å²) in [5.41, 5.74) is 2.19. The van der Waals surface area contributed by atoms with Gasteiger partial charge in [-0.3, -0.25) is 10.1 Å². The van der Waals surface area contributed by atoms with Gasteiger partial charge in [0, 0.05) is 42.8 Å². The van der Waals surface area contributed by atoms with Crippen LogP contribution in [-0.4, -0.2) is 49.8 Å². The molecule has 1 aromatic heterocycles. The van der Waals surface area contributed by atoms with Crippen LogP contribution >= 0.6 is 11.3 Å². The lowest BCUT2D eigenvalue weighted by Crippen LogP contribution is -2.48. The maximum atomic E-state index is 13.1. The van der Waals surface area contributed by atoms with Crippen molar-refractivity contribution in [3.05, 3.63) is 71.2 Å². The molecule has 0 aliphatic carbocycles. The fourth-order valence-electron chi connectivity index (χ4n) is 3.35. The lowest BCUT2D eigenvalue weighted by atomic mass is 10.2. The van der Waals surface area contributed by atoms with Gasteiger partial charge in [-0.15, -0.1) is 11.3 Å². The number of amides is 1. The van der Waals surface area contributed by atoms with E-state index in [1.807, 2.05) is 42.6 Å². The molecule has 1 fully saturated rings. The lowest BCUT2D eigenvalue weighted by molar-refractivity contribution is 0.102. The van der Waals surface area contributed by atoms with Crippen molar-refractivity contribution in [2.24, 2.45) is 0 Å². The Bertz CT molecular complexity index is 1140. The van der Waals surface area contributed by atoms with E-state index in [-0.39, 0.29) is 16.4 Å². The van der Waals surface area contributed by atoms with E-state index in [0.717, 1.165) is 11.4 Å². The van der Waals surface area contributed by atoms with E-state index in [1.165, 1.54) is 27.8 Å². The molecular formula is C21H22N4O3S2. The van der Waals surface area contributed by atoms with Crippen LogP contribution in [0.3, 0.4) is 0 Å². The van der Waals surface area contributed by atoms with Gasteiger partial charge < -0.3 is 4.90 Å². The highest BCUT2D eigenvalue weighted by Gasteiger charge is 2.29. The molecule has 2 heterocycles. The number of aryl methyl sites for hydroxylation is 1. The number of hydrogen-bond acceptors (Lipinski definition) is 6. The predicted molar refractivity (Wildman–Crippen MR) is 119 cm³/mol. The van der Waals surface area contributed by atoms with Gasteiger partial charge >= 0.3 is 0 Å². The minimum absolute atomic E-state index is 0.124. The van der Waals surface area contributed by atoms with Gasteiger partial charge in [-0.2, -0.15) is 4.31 Å². The molecule has 1 saturated heterocycles. The van der Waals surface area contributed by atoms with Crippen molar-refractivity contribution in [3.8, 4) is 0 Å². The number of sulfonamides is 1. The quantitative estimate of drug-likeness (QED) is 0.656. The molecule has 7 nitrogen and oxygen atoms in total. The van der Waals surface area contributed by atoms with Gasteiger partial charge in [0.25, 0.3) is 5.91 Å². The number of nitrogens with one attached hydrogen (secondary N) is 1. The molecule has 1 aliphatic rings. The van der Waals surface area contributed by atoms with Crippen LogP contribution in [0.15, 0.2) is 64.9 Å². The summed E-state index contributed by atoms with van der Waals surface area (Å²) in [6.45, 7) is 3.87. The summed E-state index contributed by atoms with van der Waals surface area (Å²) in [5.74, 6) is -0.379. The minimum Gasteiger partial charge on any atom is -0.369 e. The third-order valence-corrected chi connectivity index (χ3v) is 7.70. The Balaban J connectivity index is 1.47. The first kappa shape index (κ1) is 20.5. The van der Waals surface area contributed by atoms with E-state index in [2.05, 4.69) is 15.2 Å². The first-order valence-electron chi connectivity index (χ1n) is 9.57.